The minimum Gasteiger partial charge on any atom is -0.505 e. The molecule has 0 heterocycles. The number of rotatable bonds is 6. The van der Waals surface area contributed by atoms with Crippen LogP contribution in [0.3, 0.4) is 0 Å². The number of phenolic OH excluding ortho intramolecular Hbond substituents is 2. The molecule has 2 saturated carbocycles. The first-order valence-electron chi connectivity index (χ1n) is 14.3. The van der Waals surface area contributed by atoms with E-state index in [0.29, 0.717) is 23.3 Å². The van der Waals surface area contributed by atoms with Crippen molar-refractivity contribution in [2.45, 2.75) is 89.4 Å². The van der Waals surface area contributed by atoms with E-state index in [1.807, 2.05) is 0 Å². The van der Waals surface area contributed by atoms with Gasteiger partial charge in [-0.25, -0.2) is 8.78 Å². The summed E-state index contributed by atoms with van der Waals surface area (Å²) in [4.78, 5) is 0. The zero-order valence-corrected chi connectivity index (χ0v) is 21.9. The predicted molar refractivity (Wildman–Crippen MR) is 141 cm³/mol. The van der Waals surface area contributed by atoms with Crippen LogP contribution in [0.1, 0.15) is 101 Å². The maximum atomic E-state index is 14.3. The van der Waals surface area contributed by atoms with E-state index in [0.717, 1.165) is 56.4 Å². The third-order valence-electron chi connectivity index (χ3n) is 9.78. The SMILES string of the molecule is Oc1ccc(C2=CCC(C3CCC(CCC4CCC(c5ccc(O)c(F)c5F)CC4)CC3)CC2)c(F)c1F. The Hall–Kier alpha value is -2.50. The van der Waals surface area contributed by atoms with Gasteiger partial charge in [0.2, 0.25) is 11.6 Å². The summed E-state index contributed by atoms with van der Waals surface area (Å²) in [5.74, 6) is -2.67. The van der Waals surface area contributed by atoms with Crippen molar-refractivity contribution in [3.05, 3.63) is 64.7 Å². The average molecular weight is 531 g/mol. The Balaban J connectivity index is 1.04. The molecule has 206 valence electrons. The molecule has 1 unspecified atom stereocenters. The standard InChI is InChI=1S/C32H38F4O2/c33-29-25(15-17-27(37)31(29)35)23-9-5-20(6-10-23)2-1-19-3-7-21(8-4-19)22-11-13-24(14-12-22)26-16-18-28(38)32(36)30(26)34/h13,15-23,37-38H,1-12,14H2. The molecule has 0 bridgehead atoms. The van der Waals surface area contributed by atoms with Gasteiger partial charge in [-0.1, -0.05) is 37.8 Å². The molecule has 2 fully saturated rings. The van der Waals surface area contributed by atoms with Gasteiger partial charge in [0, 0.05) is 5.56 Å². The van der Waals surface area contributed by atoms with Gasteiger partial charge in [-0.05, 0) is 117 Å². The molecular formula is C32H38F4O2. The van der Waals surface area contributed by atoms with Gasteiger partial charge >= 0.3 is 0 Å². The normalized spacial score (nSPS) is 28.2. The predicted octanol–water partition coefficient (Wildman–Crippen LogP) is 9.40. The van der Waals surface area contributed by atoms with Gasteiger partial charge in [-0.2, -0.15) is 8.78 Å². The monoisotopic (exact) mass is 530 g/mol. The molecule has 6 heteroatoms. The maximum Gasteiger partial charge on any atom is 0.200 e. The van der Waals surface area contributed by atoms with Gasteiger partial charge in [0.1, 0.15) is 0 Å². The van der Waals surface area contributed by atoms with Crippen molar-refractivity contribution in [3.63, 3.8) is 0 Å². The summed E-state index contributed by atoms with van der Waals surface area (Å²) in [6.07, 6.45) is 16.0. The molecule has 2 N–H and O–H groups in total. The lowest BCUT2D eigenvalue weighted by Gasteiger charge is -2.36. The number of halogens is 4. The highest BCUT2D eigenvalue weighted by atomic mass is 19.2. The van der Waals surface area contributed by atoms with E-state index in [9.17, 15) is 27.8 Å². The van der Waals surface area contributed by atoms with Gasteiger partial charge < -0.3 is 10.2 Å². The van der Waals surface area contributed by atoms with Crippen LogP contribution >= 0.6 is 0 Å². The quantitative estimate of drug-likeness (QED) is 0.365. The summed E-state index contributed by atoms with van der Waals surface area (Å²) in [5.41, 5.74) is 1.53. The van der Waals surface area contributed by atoms with Crippen LogP contribution in [0.4, 0.5) is 17.6 Å². The number of benzene rings is 2. The van der Waals surface area contributed by atoms with E-state index in [-0.39, 0.29) is 11.5 Å². The maximum absolute atomic E-state index is 14.3. The second-order valence-corrected chi connectivity index (χ2v) is 11.9. The fourth-order valence-electron chi connectivity index (χ4n) is 7.37. The highest BCUT2D eigenvalue weighted by molar-refractivity contribution is 5.67. The molecule has 2 nitrogen and oxygen atoms in total. The van der Waals surface area contributed by atoms with E-state index in [1.165, 1.54) is 62.8 Å². The summed E-state index contributed by atoms with van der Waals surface area (Å²) >= 11 is 0. The van der Waals surface area contributed by atoms with Crippen molar-refractivity contribution >= 4 is 5.57 Å². The molecule has 0 aliphatic heterocycles. The molecule has 2 aromatic rings. The molecule has 3 aliphatic carbocycles. The third kappa shape index (κ3) is 5.74. The second kappa shape index (κ2) is 11.7. The molecule has 38 heavy (non-hydrogen) atoms. The Bertz CT molecular complexity index is 1160. The van der Waals surface area contributed by atoms with Crippen molar-refractivity contribution in [2.24, 2.45) is 23.7 Å². The number of phenols is 2. The minimum atomic E-state index is -1.17. The van der Waals surface area contributed by atoms with Crippen LogP contribution in [0.5, 0.6) is 11.5 Å². The van der Waals surface area contributed by atoms with E-state index >= 15 is 0 Å². The number of aromatic hydroxyl groups is 2. The molecule has 0 spiro atoms. The van der Waals surface area contributed by atoms with Crippen LogP contribution in [0.15, 0.2) is 30.3 Å². The summed E-state index contributed by atoms with van der Waals surface area (Å²) < 4.78 is 56.1. The largest absolute Gasteiger partial charge is 0.505 e. The molecule has 0 saturated heterocycles. The first-order chi connectivity index (χ1) is 18.3. The summed E-state index contributed by atoms with van der Waals surface area (Å²) in [5, 5.41) is 18.8. The summed E-state index contributed by atoms with van der Waals surface area (Å²) in [6, 6.07) is 5.49. The van der Waals surface area contributed by atoms with Crippen LogP contribution in [0.2, 0.25) is 0 Å². The smallest absolute Gasteiger partial charge is 0.200 e. The molecule has 0 aromatic heterocycles. The average Bonchev–Trinajstić information content (AvgIpc) is 2.95. The number of hydrogen-bond donors (Lipinski definition) is 2. The lowest BCUT2D eigenvalue weighted by molar-refractivity contribution is 0.179. The molecule has 2 aromatic carbocycles. The van der Waals surface area contributed by atoms with Crippen molar-refractivity contribution < 1.29 is 27.8 Å². The lowest BCUT2D eigenvalue weighted by Crippen LogP contribution is -2.24. The Kier molecular flexibility index (Phi) is 8.35. The molecule has 0 radical (unpaired) electrons. The van der Waals surface area contributed by atoms with Gasteiger partial charge in [0.15, 0.2) is 23.1 Å². The van der Waals surface area contributed by atoms with Crippen LogP contribution < -0.4 is 0 Å². The van der Waals surface area contributed by atoms with E-state index in [2.05, 4.69) is 6.08 Å². The summed E-state index contributed by atoms with van der Waals surface area (Å²) in [6.45, 7) is 0. The van der Waals surface area contributed by atoms with Crippen molar-refractivity contribution in [2.75, 3.05) is 0 Å². The van der Waals surface area contributed by atoms with Crippen molar-refractivity contribution in [1.29, 1.82) is 0 Å². The molecule has 3 aliphatic rings. The topological polar surface area (TPSA) is 40.5 Å². The minimum absolute atomic E-state index is 0.0337. The van der Waals surface area contributed by atoms with Crippen molar-refractivity contribution in [3.8, 4) is 11.5 Å². The van der Waals surface area contributed by atoms with Gasteiger partial charge in [0.25, 0.3) is 0 Å². The summed E-state index contributed by atoms with van der Waals surface area (Å²) in [7, 11) is 0. The zero-order chi connectivity index (χ0) is 26.8. The van der Waals surface area contributed by atoms with E-state index in [4.69, 9.17) is 0 Å². The van der Waals surface area contributed by atoms with E-state index in [1.54, 1.807) is 0 Å². The number of hydrogen-bond acceptors (Lipinski definition) is 2. The Morgan fingerprint density at radius 1 is 0.605 bits per heavy atom. The first kappa shape index (κ1) is 27.1. The fraction of sp³-hybridized carbons (Fsp3) is 0.562. The van der Waals surface area contributed by atoms with Crippen LogP contribution in [0.25, 0.3) is 5.57 Å². The molecular weight excluding hydrogens is 492 g/mol. The molecule has 0 amide bonds. The van der Waals surface area contributed by atoms with Crippen LogP contribution in [-0.4, -0.2) is 10.2 Å². The highest BCUT2D eigenvalue weighted by Crippen LogP contribution is 2.44. The Labute approximate surface area is 222 Å². The van der Waals surface area contributed by atoms with Gasteiger partial charge in [-0.15, -0.1) is 0 Å². The Morgan fingerprint density at radius 2 is 1.18 bits per heavy atom. The zero-order valence-electron chi connectivity index (χ0n) is 21.9. The number of allylic oxidation sites excluding steroid dienone is 2. The molecule has 5 rings (SSSR count). The molecule has 1 atom stereocenters. The second-order valence-electron chi connectivity index (χ2n) is 11.9. The van der Waals surface area contributed by atoms with Crippen LogP contribution in [0, 0.1) is 46.9 Å². The van der Waals surface area contributed by atoms with Crippen molar-refractivity contribution in [1.82, 2.24) is 0 Å². The highest BCUT2D eigenvalue weighted by Gasteiger charge is 2.31. The Morgan fingerprint density at radius 3 is 1.79 bits per heavy atom. The first-order valence-corrected chi connectivity index (χ1v) is 14.3. The van der Waals surface area contributed by atoms with Gasteiger partial charge in [0.05, 0.1) is 0 Å². The van der Waals surface area contributed by atoms with Gasteiger partial charge in [-0.3, -0.25) is 0 Å². The lowest BCUT2D eigenvalue weighted by atomic mass is 9.69. The fourth-order valence-corrected chi connectivity index (χ4v) is 7.37. The third-order valence-corrected chi connectivity index (χ3v) is 9.78. The van der Waals surface area contributed by atoms with E-state index < -0.39 is 34.8 Å². The van der Waals surface area contributed by atoms with Crippen LogP contribution in [-0.2, 0) is 0 Å².